The van der Waals surface area contributed by atoms with E-state index in [-0.39, 0.29) is 61.0 Å². The van der Waals surface area contributed by atoms with Crippen LogP contribution in [0.5, 0.6) is 0 Å². The van der Waals surface area contributed by atoms with Crippen molar-refractivity contribution in [1.29, 1.82) is 0 Å². The van der Waals surface area contributed by atoms with Gasteiger partial charge in [0, 0.05) is 31.0 Å². The van der Waals surface area contributed by atoms with Gasteiger partial charge in [-0.05, 0) is 49.4 Å². The number of H-pyrrole nitrogens is 1. The summed E-state index contributed by atoms with van der Waals surface area (Å²) in [6, 6.07) is 15.8. The third-order valence-corrected chi connectivity index (χ3v) is 8.68. The summed E-state index contributed by atoms with van der Waals surface area (Å²) < 4.78 is 13.1. The standard InChI is InChI=1S/C35H41N7O6/c1-20(2)31(44)39-33-38-30-29(32(45)40-33)37-19-42(30)22-14-21(41(16-22)17-28(43)48-35(3,4)5)15-36-34(46)47-18-27-25-12-8-6-10-23(25)24-11-7-9-13-26(24)27/h6-13,19-22,27H,14-18H2,1-5H3,(H,36,46)(H2,38,39,40,44,45)/t21-,22-/m1/s1. The lowest BCUT2D eigenvalue weighted by molar-refractivity contribution is -0.156. The molecule has 252 valence electrons. The van der Waals surface area contributed by atoms with E-state index in [0.29, 0.717) is 18.6 Å². The van der Waals surface area contributed by atoms with Gasteiger partial charge in [0.15, 0.2) is 11.2 Å². The lowest BCUT2D eigenvalue weighted by Gasteiger charge is -2.26. The number of likely N-dealkylation sites (tertiary alicyclic amines) is 1. The molecule has 48 heavy (non-hydrogen) atoms. The molecule has 2 aromatic heterocycles. The topological polar surface area (TPSA) is 161 Å². The number of nitrogens with one attached hydrogen (secondary N) is 3. The van der Waals surface area contributed by atoms with Crippen molar-refractivity contribution in [2.75, 3.05) is 31.6 Å². The number of ether oxygens (including phenoxy) is 2. The predicted octanol–water partition coefficient (Wildman–Crippen LogP) is 4.21. The van der Waals surface area contributed by atoms with E-state index in [1.807, 2.05) is 49.9 Å². The monoisotopic (exact) mass is 655 g/mol. The average Bonchev–Trinajstić information content (AvgIpc) is 3.72. The van der Waals surface area contributed by atoms with Crippen LogP contribution in [0.25, 0.3) is 22.3 Å². The van der Waals surface area contributed by atoms with Gasteiger partial charge >= 0.3 is 12.1 Å². The molecule has 1 saturated heterocycles. The molecule has 0 saturated carbocycles. The van der Waals surface area contributed by atoms with E-state index >= 15 is 0 Å². The Bertz CT molecular complexity index is 1860. The average molecular weight is 656 g/mol. The summed E-state index contributed by atoms with van der Waals surface area (Å²) in [5.74, 6) is -1.02. The third kappa shape index (κ3) is 6.96. The zero-order chi connectivity index (χ0) is 34.2. The number of carbonyl (C=O) groups is 3. The molecule has 2 amide bonds. The van der Waals surface area contributed by atoms with Crippen LogP contribution >= 0.6 is 0 Å². The van der Waals surface area contributed by atoms with Gasteiger partial charge in [-0.3, -0.25) is 29.6 Å². The lowest BCUT2D eigenvalue weighted by atomic mass is 9.98. The quantitative estimate of drug-likeness (QED) is 0.225. The zero-order valence-electron chi connectivity index (χ0n) is 27.8. The summed E-state index contributed by atoms with van der Waals surface area (Å²) in [5.41, 5.74) is 3.86. The maximum Gasteiger partial charge on any atom is 0.407 e. The SMILES string of the molecule is CC(C)C(=O)Nc1nc2c(ncn2[C@@H]2C[C@H](CNC(=O)OCC3c4ccccc4-c4ccccc43)N(CC(=O)OC(C)(C)C)C2)c(=O)[nH]1. The molecule has 1 aliphatic carbocycles. The number of amides is 2. The number of nitrogens with zero attached hydrogens (tertiary/aromatic N) is 4. The van der Waals surface area contributed by atoms with Crippen LogP contribution in [-0.2, 0) is 19.1 Å². The Morgan fingerprint density at radius 2 is 1.71 bits per heavy atom. The van der Waals surface area contributed by atoms with Crippen LogP contribution in [0.3, 0.4) is 0 Å². The molecule has 2 aliphatic rings. The third-order valence-electron chi connectivity index (χ3n) is 8.68. The smallest absolute Gasteiger partial charge is 0.407 e. The predicted molar refractivity (Wildman–Crippen MR) is 180 cm³/mol. The molecular formula is C35H41N7O6. The number of rotatable bonds is 9. The molecule has 3 N–H and O–H groups in total. The van der Waals surface area contributed by atoms with Gasteiger partial charge in [-0.25, -0.2) is 9.78 Å². The van der Waals surface area contributed by atoms with Crippen molar-refractivity contribution >= 4 is 35.1 Å². The molecule has 13 nitrogen and oxygen atoms in total. The Kier molecular flexibility index (Phi) is 9.06. The van der Waals surface area contributed by atoms with Crippen molar-refractivity contribution in [2.24, 2.45) is 5.92 Å². The molecule has 2 aromatic carbocycles. The number of aromatic nitrogens is 4. The number of fused-ring (bicyclic) bond motifs is 4. The number of esters is 1. The van der Waals surface area contributed by atoms with Crippen LogP contribution in [0.2, 0.25) is 0 Å². The molecule has 6 rings (SSSR count). The van der Waals surface area contributed by atoms with E-state index in [1.54, 1.807) is 24.7 Å². The number of aromatic amines is 1. The van der Waals surface area contributed by atoms with Gasteiger partial charge in [-0.2, -0.15) is 4.98 Å². The van der Waals surface area contributed by atoms with Gasteiger partial charge in [0.25, 0.3) is 5.56 Å². The van der Waals surface area contributed by atoms with E-state index in [1.165, 1.54) is 0 Å². The summed E-state index contributed by atoms with van der Waals surface area (Å²) >= 11 is 0. The Morgan fingerprint density at radius 1 is 1.04 bits per heavy atom. The summed E-state index contributed by atoms with van der Waals surface area (Å²) in [7, 11) is 0. The molecule has 4 aromatic rings. The Hall–Kier alpha value is -5.04. The van der Waals surface area contributed by atoms with E-state index < -0.39 is 23.2 Å². The van der Waals surface area contributed by atoms with E-state index in [2.05, 4.69) is 49.9 Å². The number of carbonyl (C=O) groups excluding carboxylic acids is 3. The molecule has 13 heteroatoms. The fourth-order valence-electron chi connectivity index (χ4n) is 6.47. The van der Waals surface area contributed by atoms with E-state index in [4.69, 9.17) is 9.47 Å². The van der Waals surface area contributed by atoms with Gasteiger partial charge in [0.1, 0.15) is 12.2 Å². The van der Waals surface area contributed by atoms with Crippen LogP contribution in [0.4, 0.5) is 10.7 Å². The van der Waals surface area contributed by atoms with Crippen molar-refractivity contribution in [3.63, 3.8) is 0 Å². The first-order chi connectivity index (χ1) is 22.9. The molecule has 1 fully saturated rings. The Labute approximate surface area is 278 Å². The summed E-state index contributed by atoms with van der Waals surface area (Å²) in [5, 5.41) is 5.55. The highest BCUT2D eigenvalue weighted by molar-refractivity contribution is 5.91. The maximum absolute atomic E-state index is 13.1. The van der Waals surface area contributed by atoms with Gasteiger partial charge in [0.2, 0.25) is 11.9 Å². The van der Waals surface area contributed by atoms with Crippen molar-refractivity contribution in [3.8, 4) is 11.1 Å². The minimum absolute atomic E-state index is 0.00113. The Morgan fingerprint density at radius 3 is 2.35 bits per heavy atom. The van der Waals surface area contributed by atoms with E-state index in [9.17, 15) is 19.2 Å². The normalized spacial score (nSPS) is 17.7. The van der Waals surface area contributed by atoms with Crippen molar-refractivity contribution in [1.82, 2.24) is 29.7 Å². The molecule has 2 atom stereocenters. The highest BCUT2D eigenvalue weighted by Gasteiger charge is 2.37. The van der Waals surface area contributed by atoms with E-state index in [0.717, 1.165) is 22.3 Å². The van der Waals surface area contributed by atoms with Gasteiger partial charge < -0.3 is 19.4 Å². The minimum Gasteiger partial charge on any atom is -0.459 e. The van der Waals surface area contributed by atoms with Crippen LogP contribution in [0.1, 0.15) is 64.1 Å². The number of anilines is 1. The highest BCUT2D eigenvalue weighted by Crippen LogP contribution is 2.44. The van der Waals surface area contributed by atoms with Crippen molar-refractivity contribution < 1.29 is 23.9 Å². The lowest BCUT2D eigenvalue weighted by Crippen LogP contribution is -2.43. The molecule has 3 heterocycles. The second kappa shape index (κ2) is 13.2. The molecule has 0 unspecified atom stereocenters. The number of imidazole rings is 1. The highest BCUT2D eigenvalue weighted by atomic mass is 16.6. The molecular weight excluding hydrogens is 614 g/mol. The van der Waals surface area contributed by atoms with Crippen molar-refractivity contribution in [3.05, 3.63) is 76.3 Å². The fourth-order valence-corrected chi connectivity index (χ4v) is 6.47. The Balaban J connectivity index is 1.16. The van der Waals surface area contributed by atoms with Crippen LogP contribution < -0.4 is 16.2 Å². The second-order valence-electron chi connectivity index (χ2n) is 13.6. The van der Waals surface area contributed by atoms with Crippen LogP contribution in [-0.4, -0.2) is 80.3 Å². The second-order valence-corrected chi connectivity index (χ2v) is 13.6. The van der Waals surface area contributed by atoms with Gasteiger partial charge in [-0.1, -0.05) is 62.4 Å². The number of benzene rings is 2. The summed E-state index contributed by atoms with van der Waals surface area (Å²) in [6.45, 7) is 9.72. The maximum atomic E-state index is 13.1. The van der Waals surface area contributed by atoms with Crippen LogP contribution in [0.15, 0.2) is 59.7 Å². The van der Waals surface area contributed by atoms with Crippen molar-refractivity contribution in [2.45, 2.75) is 64.6 Å². The molecule has 0 spiro atoms. The number of hydrogen-bond donors (Lipinski definition) is 3. The minimum atomic E-state index is -0.659. The first kappa shape index (κ1) is 32.9. The molecule has 1 aliphatic heterocycles. The fraction of sp³-hybridized carbons (Fsp3) is 0.429. The first-order valence-electron chi connectivity index (χ1n) is 16.2. The number of hydrogen-bond acceptors (Lipinski definition) is 9. The summed E-state index contributed by atoms with van der Waals surface area (Å²) in [6.07, 6.45) is 1.50. The summed E-state index contributed by atoms with van der Waals surface area (Å²) in [4.78, 5) is 64.4. The number of alkyl carbamates (subject to hydrolysis) is 1. The first-order valence-corrected chi connectivity index (χ1v) is 16.2. The van der Waals surface area contributed by atoms with Gasteiger partial charge in [0.05, 0.1) is 18.9 Å². The largest absolute Gasteiger partial charge is 0.459 e. The molecule has 0 radical (unpaired) electrons. The molecule has 0 bridgehead atoms. The van der Waals surface area contributed by atoms with Gasteiger partial charge in [-0.15, -0.1) is 0 Å². The zero-order valence-corrected chi connectivity index (χ0v) is 27.8. The van der Waals surface area contributed by atoms with Crippen LogP contribution in [0, 0.1) is 5.92 Å².